The largest absolute Gasteiger partial charge is 0.490 e. The predicted octanol–water partition coefficient (Wildman–Crippen LogP) is 1.75. The number of rotatable bonds is 5. The van der Waals surface area contributed by atoms with Crippen LogP contribution in [0.1, 0.15) is 44.9 Å². The van der Waals surface area contributed by atoms with Gasteiger partial charge in [0.25, 0.3) is 0 Å². The zero-order chi connectivity index (χ0) is 22.7. The fourth-order valence-electron chi connectivity index (χ4n) is 4.50. The molecule has 3 aliphatic heterocycles. The number of carbonyl (C=O) groups is 1. The molecule has 31 heavy (non-hydrogen) atoms. The van der Waals surface area contributed by atoms with Gasteiger partial charge in [-0.1, -0.05) is 0 Å². The van der Waals surface area contributed by atoms with Gasteiger partial charge >= 0.3 is 12.1 Å². The minimum Gasteiger partial charge on any atom is -0.475 e. The SMILES string of the molecule is O=C(O)C(F)(F)F.O=S(=O)(N[C@H]1CCO[C@]2(CCN(CC3CCOCC3)C2)C1)C1CC1. The topological polar surface area (TPSA) is 105 Å². The molecule has 0 aromatic heterocycles. The molecule has 12 heteroatoms. The Bertz CT molecular complexity index is 725. The summed E-state index contributed by atoms with van der Waals surface area (Å²) in [6.45, 7) is 5.61. The molecule has 0 unspecified atom stereocenters. The number of sulfonamides is 1. The Labute approximate surface area is 180 Å². The van der Waals surface area contributed by atoms with Gasteiger partial charge in [0.05, 0.1) is 10.9 Å². The van der Waals surface area contributed by atoms with Gasteiger partial charge in [0.1, 0.15) is 0 Å². The Hall–Kier alpha value is -0.950. The summed E-state index contributed by atoms with van der Waals surface area (Å²) in [5, 5.41) is 6.99. The van der Waals surface area contributed by atoms with Crippen LogP contribution >= 0.6 is 0 Å². The summed E-state index contributed by atoms with van der Waals surface area (Å²) in [5.74, 6) is -2.02. The standard InChI is InChI=1S/C17H30N2O4S.C2HF3O2/c20-24(21,16-1-2-16)18-15-5-10-23-17(11-15)6-7-19(13-17)12-14-3-8-22-9-4-14;3-2(4,5)1(6)7/h14-16,18H,1-13H2;(H,6,7)/t15-,17+;/m0./s1. The van der Waals surface area contributed by atoms with E-state index in [1.54, 1.807) is 0 Å². The number of ether oxygens (including phenoxy) is 2. The van der Waals surface area contributed by atoms with E-state index in [1.807, 2.05) is 0 Å². The zero-order valence-corrected chi connectivity index (χ0v) is 18.2. The van der Waals surface area contributed by atoms with Crippen molar-refractivity contribution in [3.8, 4) is 0 Å². The van der Waals surface area contributed by atoms with E-state index in [1.165, 1.54) is 0 Å². The van der Waals surface area contributed by atoms with Gasteiger partial charge in [0.2, 0.25) is 10.0 Å². The van der Waals surface area contributed by atoms with Crippen molar-refractivity contribution in [3.63, 3.8) is 0 Å². The van der Waals surface area contributed by atoms with Gasteiger partial charge in [-0.2, -0.15) is 13.2 Å². The fourth-order valence-corrected chi connectivity index (χ4v) is 6.11. The van der Waals surface area contributed by atoms with Crippen LogP contribution < -0.4 is 4.72 Å². The maximum atomic E-state index is 12.2. The van der Waals surface area contributed by atoms with Gasteiger partial charge in [-0.3, -0.25) is 0 Å². The van der Waals surface area contributed by atoms with E-state index in [9.17, 15) is 21.6 Å². The molecular weight excluding hydrogens is 441 g/mol. The van der Waals surface area contributed by atoms with Crippen LogP contribution in [0, 0.1) is 5.92 Å². The van der Waals surface area contributed by atoms with E-state index in [-0.39, 0.29) is 16.9 Å². The Morgan fingerprint density at radius 2 is 1.77 bits per heavy atom. The molecule has 180 valence electrons. The third-order valence-corrected chi connectivity index (χ3v) is 8.29. The number of hydrogen-bond donors (Lipinski definition) is 2. The second-order valence-corrected chi connectivity index (χ2v) is 10.9. The maximum Gasteiger partial charge on any atom is 0.490 e. The van der Waals surface area contributed by atoms with Crippen LogP contribution in [-0.4, -0.2) is 86.9 Å². The predicted molar refractivity (Wildman–Crippen MR) is 105 cm³/mol. The van der Waals surface area contributed by atoms with Crippen molar-refractivity contribution >= 4 is 16.0 Å². The summed E-state index contributed by atoms with van der Waals surface area (Å²) < 4.78 is 70.7. The van der Waals surface area contributed by atoms with Crippen molar-refractivity contribution in [2.75, 3.05) is 39.5 Å². The molecule has 3 saturated heterocycles. The molecule has 2 atom stereocenters. The van der Waals surface area contributed by atoms with E-state index in [0.29, 0.717) is 6.61 Å². The molecule has 0 bridgehead atoms. The molecule has 4 fully saturated rings. The molecule has 1 saturated carbocycles. The van der Waals surface area contributed by atoms with Crippen LogP contribution in [0.3, 0.4) is 0 Å². The van der Waals surface area contributed by atoms with Gasteiger partial charge in [0, 0.05) is 45.5 Å². The lowest BCUT2D eigenvalue weighted by molar-refractivity contribution is -0.192. The van der Waals surface area contributed by atoms with Crippen LogP contribution in [0.4, 0.5) is 13.2 Å². The minimum absolute atomic E-state index is 0.0485. The molecule has 1 aliphatic carbocycles. The van der Waals surface area contributed by atoms with Crippen molar-refractivity contribution < 1.29 is 41.0 Å². The second kappa shape index (κ2) is 9.90. The van der Waals surface area contributed by atoms with Gasteiger partial charge in [-0.15, -0.1) is 0 Å². The maximum absolute atomic E-state index is 12.2. The molecule has 8 nitrogen and oxygen atoms in total. The van der Waals surface area contributed by atoms with Gasteiger partial charge in [-0.25, -0.2) is 17.9 Å². The Kier molecular flexibility index (Phi) is 7.88. The Balaban J connectivity index is 0.000000339. The van der Waals surface area contributed by atoms with E-state index in [4.69, 9.17) is 19.4 Å². The van der Waals surface area contributed by atoms with Crippen LogP contribution in [0.15, 0.2) is 0 Å². The van der Waals surface area contributed by atoms with Gasteiger partial charge < -0.3 is 19.5 Å². The van der Waals surface area contributed by atoms with Crippen molar-refractivity contribution in [2.45, 2.75) is 68.0 Å². The molecule has 0 aromatic rings. The summed E-state index contributed by atoms with van der Waals surface area (Å²) in [4.78, 5) is 11.4. The lowest BCUT2D eigenvalue weighted by Gasteiger charge is -2.38. The van der Waals surface area contributed by atoms with Crippen LogP contribution in [-0.2, 0) is 24.3 Å². The van der Waals surface area contributed by atoms with Crippen molar-refractivity contribution in [1.29, 1.82) is 0 Å². The minimum atomic E-state index is -5.08. The highest BCUT2D eigenvalue weighted by Crippen LogP contribution is 2.36. The first-order chi connectivity index (χ1) is 14.5. The first kappa shape index (κ1) is 24.7. The lowest BCUT2D eigenvalue weighted by atomic mass is 9.90. The highest BCUT2D eigenvalue weighted by atomic mass is 32.2. The number of nitrogens with one attached hydrogen (secondary N) is 1. The monoisotopic (exact) mass is 472 g/mol. The van der Waals surface area contributed by atoms with Crippen molar-refractivity contribution in [2.24, 2.45) is 5.92 Å². The summed E-state index contributed by atoms with van der Waals surface area (Å²) >= 11 is 0. The first-order valence-electron chi connectivity index (χ1n) is 10.7. The number of carboxylic acid groups (broad SMARTS) is 1. The Morgan fingerprint density at radius 3 is 2.35 bits per heavy atom. The van der Waals surface area contributed by atoms with E-state index in [0.717, 1.165) is 83.7 Å². The molecular formula is C19H31F3N2O6S. The smallest absolute Gasteiger partial charge is 0.475 e. The van der Waals surface area contributed by atoms with E-state index < -0.39 is 22.2 Å². The molecule has 0 amide bonds. The lowest BCUT2D eigenvalue weighted by Crippen LogP contribution is -2.50. The highest BCUT2D eigenvalue weighted by molar-refractivity contribution is 7.90. The number of alkyl halides is 3. The van der Waals surface area contributed by atoms with E-state index >= 15 is 0 Å². The van der Waals surface area contributed by atoms with Crippen LogP contribution in [0.5, 0.6) is 0 Å². The number of likely N-dealkylation sites (tertiary alicyclic amines) is 1. The third kappa shape index (κ3) is 7.28. The summed E-state index contributed by atoms with van der Waals surface area (Å²) in [7, 11) is -3.10. The quantitative estimate of drug-likeness (QED) is 0.628. The molecule has 0 aromatic carbocycles. The highest BCUT2D eigenvalue weighted by Gasteiger charge is 2.45. The number of halogens is 3. The molecule has 3 heterocycles. The molecule has 0 radical (unpaired) electrons. The van der Waals surface area contributed by atoms with Gasteiger partial charge in [0.15, 0.2) is 0 Å². The van der Waals surface area contributed by atoms with Crippen LogP contribution in [0.25, 0.3) is 0 Å². The average molecular weight is 473 g/mol. The van der Waals surface area contributed by atoms with Crippen molar-refractivity contribution in [3.05, 3.63) is 0 Å². The van der Waals surface area contributed by atoms with Crippen molar-refractivity contribution in [1.82, 2.24) is 9.62 Å². The normalized spacial score (nSPS) is 30.7. The molecule has 4 rings (SSSR count). The number of carboxylic acids is 1. The number of nitrogens with zero attached hydrogens (tertiary/aromatic N) is 1. The first-order valence-corrected chi connectivity index (χ1v) is 12.3. The summed E-state index contributed by atoms with van der Waals surface area (Å²) in [6, 6.07) is 0.0485. The fraction of sp³-hybridized carbons (Fsp3) is 0.947. The summed E-state index contributed by atoms with van der Waals surface area (Å²) in [6.07, 6.45) is 1.53. The van der Waals surface area contributed by atoms with Gasteiger partial charge in [-0.05, 0) is 50.9 Å². The van der Waals surface area contributed by atoms with E-state index in [2.05, 4.69) is 9.62 Å². The number of aliphatic carboxylic acids is 1. The third-order valence-electron chi connectivity index (χ3n) is 6.28. The number of hydrogen-bond acceptors (Lipinski definition) is 6. The molecule has 1 spiro atoms. The summed E-state index contributed by atoms with van der Waals surface area (Å²) in [5.41, 5.74) is -0.139. The van der Waals surface area contributed by atoms with Crippen LogP contribution in [0.2, 0.25) is 0 Å². The zero-order valence-electron chi connectivity index (χ0n) is 17.4. The average Bonchev–Trinajstić information content (AvgIpc) is 3.48. The molecule has 4 aliphatic rings. The molecule has 2 N–H and O–H groups in total. The Morgan fingerprint density at radius 1 is 1.13 bits per heavy atom. The second-order valence-electron chi connectivity index (χ2n) is 8.93.